The van der Waals surface area contributed by atoms with Gasteiger partial charge in [-0.25, -0.2) is 9.59 Å². The minimum atomic E-state index is -1.13. The molecule has 0 atom stereocenters. The van der Waals surface area contributed by atoms with Crippen LogP contribution in [0.5, 0.6) is 0 Å². The van der Waals surface area contributed by atoms with Gasteiger partial charge in [0.1, 0.15) is 5.69 Å². The number of hydrogen-bond acceptors (Lipinski definition) is 3. The lowest BCUT2D eigenvalue weighted by Crippen LogP contribution is -2.09. The summed E-state index contributed by atoms with van der Waals surface area (Å²) in [6.07, 6.45) is 1.84. The topological polar surface area (TPSA) is 79.5 Å². The molecule has 0 bridgehead atoms. The Morgan fingerprint density at radius 1 is 1.14 bits per heavy atom. The molecule has 0 radical (unpaired) electrons. The number of carbonyl (C=O) groups is 2. The van der Waals surface area contributed by atoms with E-state index in [1.54, 1.807) is 41.8 Å². The van der Waals surface area contributed by atoms with Crippen LogP contribution in [0.1, 0.15) is 26.5 Å². The summed E-state index contributed by atoms with van der Waals surface area (Å²) in [5, 5.41) is 19.0. The number of carboxylic acid groups (broad SMARTS) is 2. The van der Waals surface area contributed by atoms with Gasteiger partial charge in [-0.2, -0.15) is 0 Å². The van der Waals surface area contributed by atoms with Crippen LogP contribution in [0.15, 0.2) is 30.3 Å². The van der Waals surface area contributed by atoms with E-state index in [4.69, 9.17) is 0 Å². The van der Waals surface area contributed by atoms with Crippen molar-refractivity contribution in [1.29, 1.82) is 0 Å². The molecule has 1 heterocycles. The summed E-state index contributed by atoms with van der Waals surface area (Å²) >= 11 is 1.44. The van der Waals surface area contributed by atoms with E-state index in [1.807, 2.05) is 6.26 Å². The van der Waals surface area contributed by atoms with Crippen molar-refractivity contribution in [2.75, 3.05) is 6.26 Å². The van der Waals surface area contributed by atoms with Crippen LogP contribution in [-0.4, -0.2) is 33.0 Å². The Labute approximate surface area is 126 Å². The zero-order chi connectivity index (χ0) is 15.6. The van der Waals surface area contributed by atoms with E-state index in [9.17, 15) is 19.8 Å². The van der Waals surface area contributed by atoms with Gasteiger partial charge in [0.15, 0.2) is 0 Å². The van der Waals surface area contributed by atoms with Crippen LogP contribution in [-0.2, 0) is 5.88 Å². The second-order valence-electron chi connectivity index (χ2n) is 4.51. The van der Waals surface area contributed by atoms with E-state index in [1.165, 1.54) is 11.8 Å². The molecule has 0 saturated carbocycles. The average Bonchev–Trinajstić information content (AvgIpc) is 2.74. The zero-order valence-electron chi connectivity index (χ0n) is 11.7. The molecule has 2 aromatic rings. The van der Waals surface area contributed by atoms with Gasteiger partial charge in [0.05, 0.1) is 11.4 Å². The maximum absolute atomic E-state index is 11.7. The predicted octanol–water partition coefficient (Wildman–Crippen LogP) is 3.18. The summed E-state index contributed by atoms with van der Waals surface area (Å²) in [5.41, 5.74) is 1.38. The highest BCUT2D eigenvalue weighted by atomic mass is 32.2. The maximum Gasteiger partial charge on any atom is 0.353 e. The lowest BCUT2D eigenvalue weighted by molar-refractivity contribution is 0.0682. The van der Waals surface area contributed by atoms with Gasteiger partial charge < -0.3 is 14.8 Å². The van der Waals surface area contributed by atoms with Gasteiger partial charge in [0, 0.05) is 11.3 Å². The Kier molecular flexibility index (Phi) is 4.37. The number of thioether (sulfide) groups is 1. The third-order valence-electron chi connectivity index (χ3n) is 3.26. The Balaban J connectivity index is 2.86. The monoisotopic (exact) mass is 305 g/mol. The summed E-state index contributed by atoms with van der Waals surface area (Å²) in [4.78, 5) is 23.3. The second-order valence-corrected chi connectivity index (χ2v) is 5.34. The second kappa shape index (κ2) is 6.05. The molecule has 0 spiro atoms. The van der Waals surface area contributed by atoms with Crippen LogP contribution in [0.25, 0.3) is 11.1 Å². The van der Waals surface area contributed by atoms with Gasteiger partial charge in [0.2, 0.25) is 0 Å². The summed E-state index contributed by atoms with van der Waals surface area (Å²) in [7, 11) is 0. The van der Waals surface area contributed by atoms with Crippen molar-refractivity contribution >= 4 is 23.7 Å². The SMILES string of the molecule is CSCn1c(C)c(C(=O)O)c(-c2ccccc2)c1C(=O)O. The average molecular weight is 305 g/mol. The van der Waals surface area contributed by atoms with E-state index >= 15 is 0 Å². The van der Waals surface area contributed by atoms with Gasteiger partial charge in [-0.1, -0.05) is 30.3 Å². The third kappa shape index (κ3) is 2.67. The standard InChI is InChI=1S/C15H15NO4S/c1-9-11(14(17)18)12(10-6-4-3-5-7-10)13(15(19)20)16(9)8-21-2/h3-7H,8H2,1-2H3,(H,17,18)(H,19,20). The molecule has 1 aromatic heterocycles. The van der Waals surface area contributed by atoms with Crippen molar-refractivity contribution in [3.05, 3.63) is 47.3 Å². The molecule has 1 aromatic carbocycles. The number of rotatable bonds is 5. The maximum atomic E-state index is 11.7. The van der Waals surface area contributed by atoms with Crippen LogP contribution in [0.4, 0.5) is 0 Å². The molecule has 0 saturated heterocycles. The predicted molar refractivity (Wildman–Crippen MR) is 82.0 cm³/mol. The van der Waals surface area contributed by atoms with Gasteiger partial charge in [-0.3, -0.25) is 0 Å². The molecule has 110 valence electrons. The molecule has 2 N–H and O–H groups in total. The smallest absolute Gasteiger partial charge is 0.353 e. The third-order valence-corrected chi connectivity index (χ3v) is 3.78. The number of nitrogens with zero attached hydrogens (tertiary/aromatic N) is 1. The van der Waals surface area contributed by atoms with E-state index in [2.05, 4.69) is 0 Å². The summed E-state index contributed by atoms with van der Waals surface area (Å²) in [6, 6.07) is 8.76. The van der Waals surface area contributed by atoms with Gasteiger partial charge in [-0.15, -0.1) is 11.8 Å². The summed E-state index contributed by atoms with van der Waals surface area (Å²) in [5.74, 6) is -1.85. The summed E-state index contributed by atoms with van der Waals surface area (Å²) in [6.45, 7) is 1.64. The highest BCUT2D eigenvalue weighted by Crippen LogP contribution is 2.33. The van der Waals surface area contributed by atoms with Crippen LogP contribution in [0.2, 0.25) is 0 Å². The van der Waals surface area contributed by atoms with Crippen LogP contribution >= 0.6 is 11.8 Å². The van der Waals surface area contributed by atoms with Crippen molar-refractivity contribution < 1.29 is 19.8 Å². The molecule has 0 aliphatic carbocycles. The van der Waals surface area contributed by atoms with E-state index in [0.29, 0.717) is 17.1 Å². The van der Waals surface area contributed by atoms with Crippen molar-refractivity contribution in [2.24, 2.45) is 0 Å². The molecule has 5 nitrogen and oxygen atoms in total. The molecule has 0 aliphatic heterocycles. The molecular formula is C15H15NO4S. The first-order chi connectivity index (χ1) is 9.99. The molecule has 0 unspecified atom stereocenters. The quantitative estimate of drug-likeness (QED) is 0.887. The number of hydrogen-bond donors (Lipinski definition) is 2. The molecule has 0 aliphatic rings. The van der Waals surface area contributed by atoms with Crippen molar-refractivity contribution in [2.45, 2.75) is 12.8 Å². The Morgan fingerprint density at radius 2 is 1.76 bits per heavy atom. The Hall–Kier alpha value is -2.21. The molecule has 6 heteroatoms. The number of aromatic nitrogens is 1. The van der Waals surface area contributed by atoms with Crippen LogP contribution < -0.4 is 0 Å². The van der Waals surface area contributed by atoms with Gasteiger partial charge >= 0.3 is 11.9 Å². The Bertz CT molecular complexity index is 691. The molecule has 0 amide bonds. The summed E-state index contributed by atoms with van der Waals surface area (Å²) < 4.78 is 1.54. The number of benzene rings is 1. The first-order valence-electron chi connectivity index (χ1n) is 6.23. The first kappa shape index (κ1) is 15.2. The van der Waals surface area contributed by atoms with Crippen molar-refractivity contribution in [1.82, 2.24) is 4.57 Å². The highest BCUT2D eigenvalue weighted by molar-refractivity contribution is 7.97. The fourth-order valence-corrected chi connectivity index (χ4v) is 2.98. The number of aromatic carboxylic acids is 2. The van der Waals surface area contributed by atoms with E-state index in [0.717, 1.165) is 0 Å². The fraction of sp³-hybridized carbons (Fsp3) is 0.200. The zero-order valence-corrected chi connectivity index (χ0v) is 12.5. The van der Waals surface area contributed by atoms with Gasteiger partial charge in [-0.05, 0) is 18.7 Å². The molecular weight excluding hydrogens is 290 g/mol. The highest BCUT2D eigenvalue weighted by Gasteiger charge is 2.29. The first-order valence-corrected chi connectivity index (χ1v) is 7.62. The normalized spacial score (nSPS) is 10.6. The fourth-order valence-electron chi connectivity index (χ4n) is 2.40. The van der Waals surface area contributed by atoms with Crippen molar-refractivity contribution in [3.63, 3.8) is 0 Å². The van der Waals surface area contributed by atoms with Crippen molar-refractivity contribution in [3.8, 4) is 11.1 Å². The molecule has 21 heavy (non-hydrogen) atoms. The molecule has 0 fully saturated rings. The van der Waals surface area contributed by atoms with Gasteiger partial charge in [0.25, 0.3) is 0 Å². The largest absolute Gasteiger partial charge is 0.478 e. The lowest BCUT2D eigenvalue weighted by Gasteiger charge is -2.07. The Morgan fingerprint density at radius 3 is 2.24 bits per heavy atom. The van der Waals surface area contributed by atoms with Crippen LogP contribution in [0, 0.1) is 6.92 Å². The molecule has 2 rings (SSSR count). The van der Waals surface area contributed by atoms with Crippen LogP contribution in [0.3, 0.4) is 0 Å². The van der Waals surface area contributed by atoms with E-state index < -0.39 is 11.9 Å². The minimum absolute atomic E-state index is 0.0189. The number of carboxylic acids is 2. The van der Waals surface area contributed by atoms with E-state index in [-0.39, 0.29) is 16.8 Å². The lowest BCUT2D eigenvalue weighted by atomic mass is 10.0. The minimum Gasteiger partial charge on any atom is -0.478 e.